The Bertz CT molecular complexity index is 345. The predicted octanol–water partition coefficient (Wildman–Crippen LogP) is 0.362. The molecule has 7 heteroatoms. The van der Waals surface area contributed by atoms with Gasteiger partial charge in [-0.3, -0.25) is 4.79 Å². The zero-order valence-electron chi connectivity index (χ0n) is 7.71. The molecule has 0 aromatic carbocycles. The molecule has 0 atom stereocenters. The van der Waals surface area contributed by atoms with E-state index < -0.39 is 18.9 Å². The zero-order chi connectivity index (χ0) is 11.3. The van der Waals surface area contributed by atoms with Crippen LogP contribution in [0.25, 0.3) is 0 Å². The lowest BCUT2D eigenvalue weighted by Gasteiger charge is -2.07. The largest absolute Gasteiger partial charge is 0.346 e. The first-order valence-corrected chi connectivity index (χ1v) is 4.13. The van der Waals surface area contributed by atoms with E-state index in [0.29, 0.717) is 0 Å². The van der Waals surface area contributed by atoms with E-state index in [1.807, 2.05) is 5.32 Å². The van der Waals surface area contributed by atoms with E-state index in [1.165, 1.54) is 18.3 Å². The molecule has 1 aromatic heterocycles. The summed E-state index contributed by atoms with van der Waals surface area (Å²) in [6.45, 7) is -0.697. The van der Waals surface area contributed by atoms with Crippen molar-refractivity contribution in [3.05, 3.63) is 23.9 Å². The van der Waals surface area contributed by atoms with Gasteiger partial charge in [0.2, 0.25) is 0 Å². The van der Waals surface area contributed by atoms with Crippen LogP contribution >= 0.6 is 0 Å². The molecule has 0 aliphatic heterocycles. The van der Waals surface area contributed by atoms with Gasteiger partial charge in [0, 0.05) is 6.20 Å². The number of anilines is 1. The highest BCUT2D eigenvalue weighted by Gasteiger charge is 2.12. The summed E-state index contributed by atoms with van der Waals surface area (Å²) < 4.78 is 23.6. The Morgan fingerprint density at radius 3 is 2.93 bits per heavy atom. The van der Waals surface area contributed by atoms with Crippen LogP contribution in [0, 0.1) is 0 Å². The van der Waals surface area contributed by atoms with Crippen LogP contribution in [0.4, 0.5) is 14.6 Å². The predicted molar refractivity (Wildman–Crippen MR) is 50.4 cm³/mol. The van der Waals surface area contributed by atoms with Gasteiger partial charge in [-0.15, -0.1) is 0 Å². The molecular weight excluding hydrogens is 206 g/mol. The number of alkyl halides is 2. The van der Waals surface area contributed by atoms with Crippen molar-refractivity contribution in [3.63, 3.8) is 0 Å². The number of carbonyl (C=O) groups is 1. The number of hydrogen-bond acceptors (Lipinski definition) is 4. The first-order chi connectivity index (χ1) is 7.15. The molecule has 1 heterocycles. The Morgan fingerprint density at radius 2 is 2.33 bits per heavy atom. The van der Waals surface area contributed by atoms with Gasteiger partial charge < -0.3 is 10.7 Å². The highest BCUT2D eigenvalue weighted by atomic mass is 19.3. The fourth-order valence-electron chi connectivity index (χ4n) is 0.969. The first kappa shape index (κ1) is 11.3. The third kappa shape index (κ3) is 3.13. The van der Waals surface area contributed by atoms with Crippen molar-refractivity contribution in [2.24, 2.45) is 5.84 Å². The number of rotatable bonds is 4. The van der Waals surface area contributed by atoms with Gasteiger partial charge in [0.05, 0.1) is 12.1 Å². The number of amides is 1. The molecule has 0 bridgehead atoms. The molecule has 5 nitrogen and oxygen atoms in total. The number of hydrogen-bond donors (Lipinski definition) is 3. The first-order valence-electron chi connectivity index (χ1n) is 4.13. The van der Waals surface area contributed by atoms with Crippen molar-refractivity contribution < 1.29 is 13.6 Å². The van der Waals surface area contributed by atoms with E-state index >= 15 is 0 Å². The van der Waals surface area contributed by atoms with E-state index in [-0.39, 0.29) is 11.4 Å². The molecular formula is C8H10F2N4O. The van der Waals surface area contributed by atoms with Gasteiger partial charge in [0.25, 0.3) is 12.3 Å². The van der Waals surface area contributed by atoms with Crippen LogP contribution in [0.3, 0.4) is 0 Å². The van der Waals surface area contributed by atoms with Gasteiger partial charge in [0.15, 0.2) is 5.82 Å². The number of nitrogens with two attached hydrogens (primary N) is 1. The van der Waals surface area contributed by atoms with Crippen LogP contribution in [0.15, 0.2) is 18.3 Å². The number of nitrogens with zero attached hydrogens (tertiary/aromatic N) is 1. The summed E-state index contributed by atoms with van der Waals surface area (Å²) in [7, 11) is 0. The third-order valence-electron chi connectivity index (χ3n) is 1.61. The van der Waals surface area contributed by atoms with Crippen molar-refractivity contribution in [1.82, 2.24) is 10.3 Å². The quantitative estimate of drug-likeness (QED) is 0.501. The van der Waals surface area contributed by atoms with Crippen LogP contribution < -0.4 is 16.6 Å². The number of aromatic nitrogens is 1. The topological polar surface area (TPSA) is 80.0 Å². The van der Waals surface area contributed by atoms with Crippen molar-refractivity contribution in [1.29, 1.82) is 0 Å². The van der Waals surface area contributed by atoms with E-state index in [2.05, 4.69) is 10.4 Å². The van der Waals surface area contributed by atoms with E-state index in [0.717, 1.165) is 0 Å². The lowest BCUT2D eigenvalue weighted by molar-refractivity contribution is 0.0892. The number of nitrogen functional groups attached to an aromatic ring is 1. The molecule has 1 amide bonds. The summed E-state index contributed by atoms with van der Waals surface area (Å²) in [5.74, 6) is 4.60. The molecule has 0 fully saturated rings. The minimum atomic E-state index is -2.58. The van der Waals surface area contributed by atoms with E-state index in [1.54, 1.807) is 0 Å². The van der Waals surface area contributed by atoms with E-state index in [4.69, 9.17) is 5.84 Å². The summed E-state index contributed by atoms with van der Waals surface area (Å²) in [6.07, 6.45) is -1.15. The second kappa shape index (κ2) is 5.20. The molecule has 1 rings (SSSR count). The number of hydrazine groups is 1. The van der Waals surface area contributed by atoms with Crippen LogP contribution in [0.5, 0.6) is 0 Å². The lowest BCUT2D eigenvalue weighted by Crippen LogP contribution is -2.29. The molecule has 4 N–H and O–H groups in total. The number of carbonyl (C=O) groups excluding carboxylic acids is 1. The second-order valence-corrected chi connectivity index (χ2v) is 2.65. The maximum atomic E-state index is 11.8. The molecule has 1 aromatic rings. The van der Waals surface area contributed by atoms with E-state index in [9.17, 15) is 13.6 Å². The number of pyridine rings is 1. The standard InChI is InChI=1S/C8H10F2N4O/c9-6(10)4-13-8(15)5-2-1-3-12-7(5)14-11/h1-3,6H,4,11H2,(H,12,14)(H,13,15). The van der Waals surface area contributed by atoms with Crippen molar-refractivity contribution in [2.45, 2.75) is 6.43 Å². The smallest absolute Gasteiger partial charge is 0.255 e. The lowest BCUT2D eigenvalue weighted by atomic mass is 10.2. The van der Waals surface area contributed by atoms with Crippen molar-refractivity contribution >= 4 is 11.7 Å². The summed E-state index contributed by atoms with van der Waals surface area (Å²) in [4.78, 5) is 15.1. The Labute approximate surface area is 84.6 Å². The summed E-state index contributed by atoms with van der Waals surface area (Å²) >= 11 is 0. The summed E-state index contributed by atoms with van der Waals surface area (Å²) in [6, 6.07) is 2.95. The minimum absolute atomic E-state index is 0.126. The SMILES string of the molecule is NNc1ncccc1C(=O)NCC(F)F. The fourth-order valence-corrected chi connectivity index (χ4v) is 0.969. The normalized spacial score (nSPS) is 10.1. The van der Waals surface area contributed by atoms with Gasteiger partial charge >= 0.3 is 0 Å². The van der Waals surface area contributed by atoms with Gasteiger partial charge in [0.1, 0.15) is 0 Å². The highest BCUT2D eigenvalue weighted by Crippen LogP contribution is 2.09. The van der Waals surface area contributed by atoms with Gasteiger partial charge in [-0.2, -0.15) is 0 Å². The number of nitrogens with one attached hydrogen (secondary N) is 2. The molecule has 0 spiro atoms. The van der Waals surface area contributed by atoms with Crippen LogP contribution in [-0.4, -0.2) is 23.9 Å². The Balaban J connectivity index is 2.72. The zero-order valence-corrected chi connectivity index (χ0v) is 7.71. The molecule has 82 valence electrons. The molecule has 15 heavy (non-hydrogen) atoms. The second-order valence-electron chi connectivity index (χ2n) is 2.65. The van der Waals surface area contributed by atoms with Crippen LogP contribution in [-0.2, 0) is 0 Å². The Morgan fingerprint density at radius 1 is 1.60 bits per heavy atom. The molecule has 0 aliphatic rings. The monoisotopic (exact) mass is 216 g/mol. The molecule has 0 unspecified atom stereocenters. The Hall–Kier alpha value is -1.76. The van der Waals surface area contributed by atoms with Gasteiger partial charge in [-0.25, -0.2) is 19.6 Å². The van der Waals surface area contributed by atoms with Crippen LogP contribution in [0.1, 0.15) is 10.4 Å². The molecule has 0 aliphatic carbocycles. The average Bonchev–Trinajstić information content (AvgIpc) is 2.25. The van der Waals surface area contributed by atoms with Gasteiger partial charge in [-0.1, -0.05) is 0 Å². The molecule has 0 radical (unpaired) electrons. The maximum Gasteiger partial charge on any atom is 0.255 e. The molecule has 0 saturated carbocycles. The van der Waals surface area contributed by atoms with Crippen molar-refractivity contribution in [2.75, 3.05) is 12.0 Å². The van der Waals surface area contributed by atoms with Crippen LogP contribution in [0.2, 0.25) is 0 Å². The Kier molecular flexibility index (Phi) is 3.92. The number of halogens is 2. The summed E-state index contributed by atoms with van der Waals surface area (Å²) in [5.41, 5.74) is 2.33. The van der Waals surface area contributed by atoms with Crippen molar-refractivity contribution in [3.8, 4) is 0 Å². The highest BCUT2D eigenvalue weighted by molar-refractivity contribution is 5.98. The average molecular weight is 216 g/mol. The third-order valence-corrected chi connectivity index (χ3v) is 1.61. The summed E-state index contributed by atoms with van der Waals surface area (Å²) in [5, 5.41) is 2.05. The molecule has 0 saturated heterocycles. The van der Waals surface area contributed by atoms with Gasteiger partial charge in [-0.05, 0) is 12.1 Å². The fraction of sp³-hybridized carbons (Fsp3) is 0.250. The minimum Gasteiger partial charge on any atom is -0.346 e. The maximum absolute atomic E-state index is 11.8.